The molecule has 1 aliphatic rings. The molecule has 8 aromatic heterocycles. The minimum Gasteiger partial charge on any atom is -0.275 e. The molecule has 0 unspecified atom stereocenters. The second-order valence-electron chi connectivity index (χ2n) is 40.8. The molecule has 29 aromatic rings. The maximum absolute atomic E-state index is 16.4. The van der Waals surface area contributed by atoms with Crippen molar-refractivity contribution in [3.05, 3.63) is 534 Å². The van der Waals surface area contributed by atoms with E-state index < -0.39 is 0 Å². The van der Waals surface area contributed by atoms with Crippen LogP contribution in [0.4, 0.5) is 0 Å². The van der Waals surface area contributed by atoms with E-state index in [0.29, 0.717) is 16.2 Å². The van der Waals surface area contributed by atoms with Crippen LogP contribution in [0.25, 0.3) is 292 Å². The molecule has 8 nitrogen and oxygen atoms in total. The van der Waals surface area contributed by atoms with Gasteiger partial charge < -0.3 is 0 Å². The third-order valence-electron chi connectivity index (χ3n) is 32.0. The number of hydrogen-bond donors (Lipinski definition) is 0. The first-order chi connectivity index (χ1) is 73.8. The molecule has 0 radical (unpaired) electrons. The van der Waals surface area contributed by atoms with Gasteiger partial charge in [-0.2, -0.15) is 0 Å². The summed E-state index contributed by atoms with van der Waals surface area (Å²) in [5.74, 6) is 0. The summed E-state index contributed by atoms with van der Waals surface area (Å²) >= 11 is 0. The van der Waals surface area contributed by atoms with E-state index in [-0.39, 0.29) is 22.1 Å². The summed E-state index contributed by atoms with van der Waals surface area (Å²) in [6, 6.07) is 175. The molecule has 0 atom stereocenters. The lowest BCUT2D eigenvalue weighted by Crippen LogP contribution is -2.15. The van der Waals surface area contributed by atoms with Crippen LogP contribution in [0.1, 0.15) is 25.0 Å². The molecule has 0 bridgehead atoms. The maximum Gasteiger partial charge on any atom is 0.263 e. The zero-order valence-electron chi connectivity index (χ0n) is 81.7. The number of benzene rings is 21. The van der Waals surface area contributed by atoms with E-state index in [0.717, 1.165) is 265 Å². The van der Waals surface area contributed by atoms with Gasteiger partial charge in [0, 0.05) is 92.3 Å². The summed E-state index contributed by atoms with van der Waals surface area (Å²) in [6.45, 7) is 4.63. The summed E-state index contributed by atoms with van der Waals surface area (Å²) < 4.78 is 5.92. The molecular weight excluding hydrogens is 1820 g/mol. The van der Waals surface area contributed by atoms with Crippen molar-refractivity contribution >= 4 is 114 Å². The summed E-state index contributed by atoms with van der Waals surface area (Å²) in [6.07, 6.45) is 0. The number of rotatable bonds is 15. The van der Waals surface area contributed by atoms with E-state index in [9.17, 15) is 0 Å². The van der Waals surface area contributed by atoms with Gasteiger partial charge in [0.1, 0.15) is 0 Å². The Morgan fingerprint density at radius 1 is 0.160 bits per heavy atom. The van der Waals surface area contributed by atoms with Crippen LogP contribution in [0, 0.1) is 0 Å². The maximum atomic E-state index is 16.4. The van der Waals surface area contributed by atoms with Crippen LogP contribution in [0.2, 0.25) is 0 Å². The van der Waals surface area contributed by atoms with Crippen LogP contribution in [-0.2, 0) is 5.41 Å². The Labute approximate surface area is 862 Å². The molecule has 150 heavy (non-hydrogen) atoms. The minimum atomic E-state index is -0.222. The van der Waals surface area contributed by atoms with Crippen LogP contribution in [0.5, 0.6) is 0 Å². The van der Waals surface area contributed by atoms with Crippen molar-refractivity contribution in [3.8, 4) is 179 Å². The Kier molecular flexibility index (Phi) is 19.2. The Balaban J connectivity index is 0.557. The smallest absolute Gasteiger partial charge is 0.263 e. The van der Waals surface area contributed by atoms with Gasteiger partial charge in [-0.1, -0.05) is 366 Å². The van der Waals surface area contributed by atoms with Gasteiger partial charge in [0.25, 0.3) is 16.7 Å². The number of aromatic nitrogens is 5. The van der Waals surface area contributed by atoms with Gasteiger partial charge in [0.05, 0.1) is 55.9 Å². The Bertz CT molecular complexity index is 10800. The second kappa shape index (κ2) is 33.5. The van der Waals surface area contributed by atoms with Crippen molar-refractivity contribution in [2.75, 3.05) is 0 Å². The van der Waals surface area contributed by atoms with Gasteiger partial charge in [-0.15, -0.1) is 0 Å². The van der Waals surface area contributed by atoms with Crippen molar-refractivity contribution in [1.82, 2.24) is 23.2 Å². The van der Waals surface area contributed by atoms with Crippen molar-refractivity contribution in [2.24, 2.45) is 0 Å². The number of hydrogen-bond acceptors (Lipinski definition) is 5. The zero-order chi connectivity index (χ0) is 99.4. The third-order valence-corrected chi connectivity index (χ3v) is 32.0. The molecular formula is C142H87N5O3. The molecule has 0 spiro atoms. The lowest BCUT2D eigenvalue weighted by Gasteiger charge is -2.21. The van der Waals surface area contributed by atoms with Crippen molar-refractivity contribution in [3.63, 3.8) is 0 Å². The minimum absolute atomic E-state index is 0.0419. The molecule has 8 heterocycles. The van der Waals surface area contributed by atoms with Crippen LogP contribution in [-0.4, -0.2) is 23.2 Å². The number of fused-ring (bicyclic) bond motifs is 18. The van der Waals surface area contributed by atoms with Crippen LogP contribution >= 0.6 is 0 Å². The average molecular weight is 1910 g/mol. The fourth-order valence-electron chi connectivity index (χ4n) is 24.6. The Morgan fingerprint density at radius 2 is 0.440 bits per heavy atom. The lowest BCUT2D eigenvalue weighted by molar-refractivity contribution is 0.661. The highest BCUT2D eigenvalue weighted by molar-refractivity contribution is 6.27. The normalized spacial score (nSPS) is 12.5. The molecule has 0 amide bonds. The molecule has 1 aliphatic carbocycles. The summed E-state index contributed by atoms with van der Waals surface area (Å²) in [4.78, 5) is 58.4. The Morgan fingerprint density at radius 3 is 0.907 bits per heavy atom. The molecule has 0 saturated carbocycles. The number of nitrogens with zero attached hydrogens (tertiary/aromatic N) is 5. The van der Waals surface area contributed by atoms with Gasteiger partial charge in [0.2, 0.25) is 0 Å². The number of pyridine rings is 5. The van der Waals surface area contributed by atoms with E-state index in [1.807, 2.05) is 49.6 Å². The van der Waals surface area contributed by atoms with Gasteiger partial charge in [-0.05, 0) is 300 Å². The average Bonchev–Trinajstić information content (AvgIpc) is 1.52. The van der Waals surface area contributed by atoms with Gasteiger partial charge >= 0.3 is 0 Å². The largest absolute Gasteiger partial charge is 0.275 e. The molecule has 30 rings (SSSR count). The highest BCUT2D eigenvalue weighted by Gasteiger charge is 2.37. The third kappa shape index (κ3) is 13.6. The summed E-state index contributed by atoms with van der Waals surface area (Å²) in [5.41, 5.74) is 39.7. The standard InChI is InChI=1S/C142H87N5O3/c1-142(2)126-45-27-26-43-112(126)116-83-134-119(82-127(116)142)114-61-60-109(90-34-16-6-17-35-90)135-113-59-55-96(73-125(113)141(150)147(134)138(114)135)88-50-52-94(53-51-88)131-81-108(80-130(144-131)93-40-22-9-23-41-93)106-75-121-111-58-54-95(72-124(111)140(149)146-133-63-57-98(71-118(133)123(77-106)137(121)146)107-78-128(91-36-18-7-19-37-91)143-129(79-107)92-38-20-8-21-39-92)87-46-48-89(49-47-87)102-65-101(86-32-14-5-15-33-86)68-104(69-102)105-74-120-110-42-24-25-44-115(110)139(148)145-132-62-56-97(70-117(132)122(76-105)136(120)145)103-66-99(84-28-10-3-11-29-84)64-100(67-103)85-30-12-4-13-31-85/h3-83H,1-2H3. The fourth-order valence-corrected chi connectivity index (χ4v) is 24.6. The van der Waals surface area contributed by atoms with E-state index in [1.54, 1.807) is 0 Å². The predicted molar refractivity (Wildman–Crippen MR) is 624 cm³/mol. The molecule has 0 fully saturated rings. The van der Waals surface area contributed by atoms with Gasteiger partial charge in [-0.25, -0.2) is 9.97 Å². The predicted octanol–water partition coefficient (Wildman–Crippen LogP) is 35.3. The first kappa shape index (κ1) is 85.9. The summed E-state index contributed by atoms with van der Waals surface area (Å²) in [5, 5.41) is 13.6. The Hall–Kier alpha value is -19.7. The summed E-state index contributed by atoms with van der Waals surface area (Å²) in [7, 11) is 0. The molecule has 8 heteroatoms. The molecule has 21 aromatic carbocycles. The van der Waals surface area contributed by atoms with Crippen molar-refractivity contribution in [1.29, 1.82) is 0 Å². The van der Waals surface area contributed by atoms with E-state index in [1.165, 1.54) is 22.3 Å². The van der Waals surface area contributed by atoms with E-state index >= 15 is 14.4 Å². The molecule has 698 valence electrons. The van der Waals surface area contributed by atoms with Crippen LogP contribution in [0.3, 0.4) is 0 Å². The molecule has 0 saturated heterocycles. The molecule has 0 N–H and O–H groups in total. The first-order valence-electron chi connectivity index (χ1n) is 51.3. The SMILES string of the molecule is CC1(C)c2ccccc2-c2cc3c(cc21)c1ccc(-c2ccccc2)c2c4ccc(-c5ccc(-c6cc(-c7cc8c9ccc(-c%10ccc(-c%11cc(-c%12ccccc%12)cc(-c%12cc%13c%14ccccc%14c(=O)n%14c%15ccc(-c%16cc(-c%17ccccc%17)cc(-c%17ccccc%17)c%16)cc%15c(c%12)c%13%14)c%11)cc%10)cc9c(=O)n9c%10ccc(-c%11cc(-c%12ccccc%12)nc(-c%12ccccc%12)c%11)cc%10c(c7)c89)cc(-c7ccccc7)n6)cc5)cc4c(=O)n3c12. The highest BCUT2D eigenvalue weighted by atomic mass is 16.1. The zero-order valence-corrected chi connectivity index (χ0v) is 81.7. The lowest BCUT2D eigenvalue weighted by atomic mass is 9.82. The monoisotopic (exact) mass is 1910 g/mol. The fraction of sp³-hybridized carbons (Fsp3) is 0.0211. The second-order valence-corrected chi connectivity index (χ2v) is 40.8. The van der Waals surface area contributed by atoms with Crippen molar-refractivity contribution < 1.29 is 0 Å². The quantitative estimate of drug-likeness (QED) is 0.0954. The van der Waals surface area contributed by atoms with Gasteiger partial charge in [0.15, 0.2) is 0 Å². The van der Waals surface area contributed by atoms with Gasteiger partial charge in [-0.3, -0.25) is 27.6 Å². The van der Waals surface area contributed by atoms with Crippen LogP contribution in [0.15, 0.2) is 506 Å². The van der Waals surface area contributed by atoms with E-state index in [2.05, 4.69) is 469 Å². The first-order valence-corrected chi connectivity index (χ1v) is 51.3. The molecule has 0 aliphatic heterocycles. The highest BCUT2D eigenvalue weighted by Crippen LogP contribution is 2.54. The van der Waals surface area contributed by atoms with E-state index in [4.69, 9.17) is 9.97 Å². The topological polar surface area (TPSA) is 90.2 Å². The van der Waals surface area contributed by atoms with Crippen LogP contribution < -0.4 is 16.7 Å². The van der Waals surface area contributed by atoms with Crippen molar-refractivity contribution in [2.45, 2.75) is 19.3 Å².